The van der Waals surface area contributed by atoms with Crippen LogP contribution >= 0.6 is 15.9 Å². The van der Waals surface area contributed by atoms with Gasteiger partial charge >= 0.3 is 0 Å². The minimum absolute atomic E-state index is 0.334. The van der Waals surface area contributed by atoms with Crippen LogP contribution in [0.4, 0.5) is 0 Å². The first-order valence-electron chi connectivity index (χ1n) is 6.99. The molecule has 0 atom stereocenters. The van der Waals surface area contributed by atoms with Gasteiger partial charge in [0.1, 0.15) is 0 Å². The molecule has 20 heavy (non-hydrogen) atoms. The van der Waals surface area contributed by atoms with Crippen molar-refractivity contribution in [3.8, 4) is 0 Å². The summed E-state index contributed by atoms with van der Waals surface area (Å²) in [6.07, 6.45) is 3.74. The number of likely N-dealkylation sites (tertiary alicyclic amines) is 1. The monoisotopic (exact) mass is 360 g/mol. The standard InChI is InChI=1S/C14H21BrN2O2S/c15-12-13-4-6-14(7-5-13)20(18,19)16-8-11-17-9-2-1-3-10-17/h4-7,16H,1-3,8-12H2. The van der Waals surface area contributed by atoms with E-state index in [1.807, 2.05) is 12.1 Å². The quantitative estimate of drug-likeness (QED) is 0.792. The lowest BCUT2D eigenvalue weighted by Gasteiger charge is -2.26. The summed E-state index contributed by atoms with van der Waals surface area (Å²) in [6, 6.07) is 6.96. The molecular formula is C14H21BrN2O2S. The number of hydrogen-bond acceptors (Lipinski definition) is 3. The summed E-state index contributed by atoms with van der Waals surface area (Å²) in [6.45, 7) is 3.44. The van der Waals surface area contributed by atoms with Gasteiger partial charge in [-0.25, -0.2) is 13.1 Å². The normalized spacial score (nSPS) is 17.2. The van der Waals surface area contributed by atoms with E-state index in [9.17, 15) is 8.42 Å². The van der Waals surface area contributed by atoms with Gasteiger partial charge in [0.15, 0.2) is 0 Å². The fourth-order valence-electron chi connectivity index (χ4n) is 2.36. The molecule has 1 N–H and O–H groups in total. The van der Waals surface area contributed by atoms with Crippen molar-refractivity contribution in [2.24, 2.45) is 0 Å². The second-order valence-corrected chi connectivity index (χ2v) is 7.41. The average Bonchev–Trinajstić information content (AvgIpc) is 2.48. The summed E-state index contributed by atoms with van der Waals surface area (Å²) in [7, 11) is -3.38. The molecule has 1 aliphatic rings. The second kappa shape index (κ2) is 7.54. The van der Waals surface area contributed by atoms with E-state index in [1.165, 1.54) is 19.3 Å². The molecule has 4 nitrogen and oxygen atoms in total. The van der Waals surface area contributed by atoms with Crippen LogP contribution in [-0.2, 0) is 15.4 Å². The van der Waals surface area contributed by atoms with Gasteiger partial charge in [-0.15, -0.1) is 0 Å². The number of nitrogens with zero attached hydrogens (tertiary/aromatic N) is 1. The molecule has 1 aromatic rings. The van der Waals surface area contributed by atoms with Crippen molar-refractivity contribution in [2.45, 2.75) is 29.5 Å². The highest BCUT2D eigenvalue weighted by Gasteiger charge is 2.15. The summed E-state index contributed by atoms with van der Waals surface area (Å²) >= 11 is 3.35. The van der Waals surface area contributed by atoms with Crippen molar-refractivity contribution in [1.82, 2.24) is 9.62 Å². The number of rotatable bonds is 6. The summed E-state index contributed by atoms with van der Waals surface area (Å²) in [4.78, 5) is 2.65. The number of halogens is 1. The third-order valence-electron chi connectivity index (χ3n) is 3.56. The van der Waals surface area contributed by atoms with Gasteiger partial charge in [-0.05, 0) is 43.6 Å². The van der Waals surface area contributed by atoms with Crippen LogP contribution in [0.15, 0.2) is 29.2 Å². The molecule has 1 aromatic carbocycles. The van der Waals surface area contributed by atoms with Crippen molar-refractivity contribution < 1.29 is 8.42 Å². The van der Waals surface area contributed by atoms with Crippen LogP contribution in [0.2, 0.25) is 0 Å². The molecule has 1 saturated heterocycles. The Morgan fingerprint density at radius 3 is 2.35 bits per heavy atom. The predicted molar refractivity (Wildman–Crippen MR) is 84.6 cm³/mol. The molecule has 0 radical (unpaired) electrons. The largest absolute Gasteiger partial charge is 0.302 e. The van der Waals surface area contributed by atoms with E-state index in [0.717, 1.165) is 30.5 Å². The first kappa shape index (κ1) is 15.9. The minimum Gasteiger partial charge on any atom is -0.302 e. The van der Waals surface area contributed by atoms with E-state index < -0.39 is 10.0 Å². The molecule has 6 heteroatoms. The average molecular weight is 361 g/mol. The summed E-state index contributed by atoms with van der Waals surface area (Å²) in [5.74, 6) is 0. The molecule has 0 amide bonds. The summed E-state index contributed by atoms with van der Waals surface area (Å²) in [5, 5.41) is 0.732. The first-order chi connectivity index (χ1) is 9.62. The Hall–Kier alpha value is -0.430. The molecule has 0 bridgehead atoms. The Morgan fingerprint density at radius 2 is 1.75 bits per heavy atom. The fourth-order valence-corrected chi connectivity index (χ4v) is 3.76. The number of benzene rings is 1. The Balaban J connectivity index is 1.86. The van der Waals surface area contributed by atoms with E-state index in [0.29, 0.717) is 11.4 Å². The Bertz CT molecular complexity index is 510. The maximum absolute atomic E-state index is 12.1. The van der Waals surface area contributed by atoms with Crippen LogP contribution in [0.1, 0.15) is 24.8 Å². The Kier molecular flexibility index (Phi) is 6.01. The fraction of sp³-hybridized carbons (Fsp3) is 0.571. The van der Waals surface area contributed by atoms with Crippen LogP contribution in [0, 0.1) is 0 Å². The molecule has 0 spiro atoms. The lowest BCUT2D eigenvalue weighted by atomic mass is 10.1. The number of piperidine rings is 1. The van der Waals surface area contributed by atoms with Gasteiger partial charge in [0.05, 0.1) is 4.90 Å². The van der Waals surface area contributed by atoms with Crippen molar-refractivity contribution in [3.05, 3.63) is 29.8 Å². The molecule has 1 aliphatic heterocycles. The van der Waals surface area contributed by atoms with Crippen LogP contribution in [0.5, 0.6) is 0 Å². The Labute approximate surface area is 129 Å². The maximum Gasteiger partial charge on any atom is 0.240 e. The van der Waals surface area contributed by atoms with Crippen LogP contribution in [0.25, 0.3) is 0 Å². The molecule has 1 fully saturated rings. The van der Waals surface area contributed by atoms with Gasteiger partial charge in [0, 0.05) is 18.4 Å². The van der Waals surface area contributed by atoms with Gasteiger partial charge in [0.25, 0.3) is 0 Å². The third kappa shape index (κ3) is 4.55. The Morgan fingerprint density at radius 1 is 1.10 bits per heavy atom. The highest BCUT2D eigenvalue weighted by atomic mass is 79.9. The molecule has 2 rings (SSSR count). The highest BCUT2D eigenvalue weighted by Crippen LogP contribution is 2.12. The van der Waals surface area contributed by atoms with E-state index in [2.05, 4.69) is 25.6 Å². The first-order valence-corrected chi connectivity index (χ1v) is 9.59. The maximum atomic E-state index is 12.1. The molecule has 112 valence electrons. The smallest absolute Gasteiger partial charge is 0.240 e. The molecule has 0 unspecified atom stereocenters. The highest BCUT2D eigenvalue weighted by molar-refractivity contribution is 9.08. The van der Waals surface area contributed by atoms with Gasteiger partial charge < -0.3 is 4.90 Å². The van der Waals surface area contributed by atoms with Gasteiger partial charge in [-0.1, -0.05) is 34.5 Å². The van der Waals surface area contributed by atoms with Gasteiger partial charge in [-0.3, -0.25) is 0 Å². The minimum atomic E-state index is -3.38. The number of nitrogens with one attached hydrogen (secondary N) is 1. The van der Waals surface area contributed by atoms with Crippen molar-refractivity contribution in [1.29, 1.82) is 0 Å². The van der Waals surface area contributed by atoms with Crippen molar-refractivity contribution in [3.63, 3.8) is 0 Å². The summed E-state index contributed by atoms with van der Waals surface area (Å²) in [5.41, 5.74) is 1.07. The van der Waals surface area contributed by atoms with E-state index in [1.54, 1.807) is 12.1 Å². The molecule has 0 aromatic heterocycles. The van der Waals surface area contributed by atoms with Crippen molar-refractivity contribution in [2.75, 3.05) is 26.2 Å². The zero-order valence-electron chi connectivity index (χ0n) is 11.5. The van der Waals surface area contributed by atoms with E-state index in [4.69, 9.17) is 0 Å². The molecule has 0 saturated carbocycles. The zero-order chi connectivity index (χ0) is 14.4. The van der Waals surface area contributed by atoms with Crippen LogP contribution in [0.3, 0.4) is 0 Å². The van der Waals surface area contributed by atoms with Crippen molar-refractivity contribution >= 4 is 26.0 Å². The van der Waals surface area contributed by atoms with Gasteiger partial charge in [0.2, 0.25) is 10.0 Å². The lowest BCUT2D eigenvalue weighted by Crippen LogP contribution is -2.37. The number of hydrogen-bond donors (Lipinski definition) is 1. The van der Waals surface area contributed by atoms with Crippen LogP contribution < -0.4 is 4.72 Å². The molecule has 0 aliphatic carbocycles. The topological polar surface area (TPSA) is 49.4 Å². The van der Waals surface area contributed by atoms with Crippen LogP contribution in [-0.4, -0.2) is 39.5 Å². The number of sulfonamides is 1. The third-order valence-corrected chi connectivity index (χ3v) is 5.68. The molecular weight excluding hydrogens is 340 g/mol. The van der Waals surface area contributed by atoms with E-state index in [-0.39, 0.29) is 0 Å². The summed E-state index contributed by atoms with van der Waals surface area (Å²) < 4.78 is 26.9. The SMILES string of the molecule is O=S(=O)(NCCN1CCCCC1)c1ccc(CBr)cc1. The van der Waals surface area contributed by atoms with Gasteiger partial charge in [-0.2, -0.15) is 0 Å². The lowest BCUT2D eigenvalue weighted by molar-refractivity contribution is 0.233. The second-order valence-electron chi connectivity index (χ2n) is 5.08. The molecule has 1 heterocycles. The predicted octanol–water partition coefficient (Wildman–Crippen LogP) is 2.35. The zero-order valence-corrected chi connectivity index (χ0v) is 13.9. The van der Waals surface area contributed by atoms with E-state index >= 15 is 0 Å². The number of alkyl halides is 1.